The van der Waals surface area contributed by atoms with E-state index in [1.807, 2.05) is 0 Å². The zero-order valence-corrected chi connectivity index (χ0v) is 10.2. The van der Waals surface area contributed by atoms with Gasteiger partial charge in [0, 0.05) is 13.0 Å². The maximum absolute atomic E-state index is 12.4. The molecule has 1 heterocycles. The largest absolute Gasteiger partial charge is 0.292 e. The molecule has 1 saturated carbocycles. The van der Waals surface area contributed by atoms with Crippen molar-refractivity contribution < 1.29 is 4.79 Å². The highest BCUT2D eigenvalue weighted by molar-refractivity contribution is 5.96. The van der Waals surface area contributed by atoms with Crippen molar-refractivity contribution in [2.24, 2.45) is 18.4 Å². The van der Waals surface area contributed by atoms with E-state index in [1.54, 1.807) is 17.9 Å². The van der Waals surface area contributed by atoms with Gasteiger partial charge in [0.2, 0.25) is 0 Å². The van der Waals surface area contributed by atoms with Crippen LogP contribution in [0.25, 0.3) is 0 Å². The average molecular weight is 221 g/mol. The summed E-state index contributed by atoms with van der Waals surface area (Å²) in [5, 5.41) is 7.60. The second-order valence-electron chi connectivity index (χ2n) is 5.39. The van der Waals surface area contributed by atoms with E-state index in [9.17, 15) is 4.79 Å². The van der Waals surface area contributed by atoms with E-state index < -0.39 is 0 Å². The molecule has 0 aromatic carbocycles. The molecule has 0 spiro atoms. The molecule has 2 rings (SSSR count). The maximum atomic E-state index is 12.4. The van der Waals surface area contributed by atoms with Gasteiger partial charge in [0.1, 0.15) is 5.69 Å². The molecular formula is C12H19N3O. The standard InChI is InChI=1S/C12H19N3O/c1-12(2)7-5-4-6-9(12)11(16)10-8-13-14-15(10)3/h8-9H,4-7H2,1-3H3. The Morgan fingerprint density at radius 3 is 2.81 bits per heavy atom. The fraction of sp³-hybridized carbons (Fsp3) is 0.750. The summed E-state index contributed by atoms with van der Waals surface area (Å²) in [6, 6.07) is 0. The van der Waals surface area contributed by atoms with Crippen LogP contribution in [-0.2, 0) is 7.05 Å². The van der Waals surface area contributed by atoms with Gasteiger partial charge in [-0.25, -0.2) is 4.68 Å². The smallest absolute Gasteiger partial charge is 0.186 e. The summed E-state index contributed by atoms with van der Waals surface area (Å²) >= 11 is 0. The molecule has 1 fully saturated rings. The number of rotatable bonds is 2. The molecule has 1 aromatic heterocycles. The molecule has 0 radical (unpaired) electrons. The van der Waals surface area contributed by atoms with Crippen molar-refractivity contribution in [2.75, 3.05) is 0 Å². The minimum Gasteiger partial charge on any atom is -0.292 e. The fourth-order valence-electron chi connectivity index (χ4n) is 2.67. The van der Waals surface area contributed by atoms with Gasteiger partial charge >= 0.3 is 0 Å². The van der Waals surface area contributed by atoms with Crippen LogP contribution >= 0.6 is 0 Å². The van der Waals surface area contributed by atoms with Gasteiger partial charge in [-0.2, -0.15) is 0 Å². The van der Waals surface area contributed by atoms with E-state index in [2.05, 4.69) is 24.2 Å². The van der Waals surface area contributed by atoms with E-state index in [0.717, 1.165) is 19.3 Å². The van der Waals surface area contributed by atoms with Crippen molar-refractivity contribution in [3.05, 3.63) is 11.9 Å². The summed E-state index contributed by atoms with van der Waals surface area (Å²) in [6.07, 6.45) is 6.10. The number of carbonyl (C=O) groups is 1. The SMILES string of the molecule is Cn1nncc1C(=O)C1CCCCC1(C)C. The molecule has 0 aliphatic heterocycles. The first-order valence-corrected chi connectivity index (χ1v) is 5.91. The van der Waals surface area contributed by atoms with Crippen molar-refractivity contribution in [3.63, 3.8) is 0 Å². The van der Waals surface area contributed by atoms with Crippen LogP contribution in [0.1, 0.15) is 50.0 Å². The van der Waals surface area contributed by atoms with Gasteiger partial charge in [0.05, 0.1) is 6.20 Å². The topological polar surface area (TPSA) is 47.8 Å². The van der Waals surface area contributed by atoms with E-state index in [-0.39, 0.29) is 17.1 Å². The van der Waals surface area contributed by atoms with Gasteiger partial charge in [-0.15, -0.1) is 5.10 Å². The van der Waals surface area contributed by atoms with Crippen molar-refractivity contribution in [2.45, 2.75) is 39.5 Å². The Bertz CT molecular complexity index is 395. The van der Waals surface area contributed by atoms with E-state index in [4.69, 9.17) is 0 Å². The number of hydrogen-bond acceptors (Lipinski definition) is 3. The van der Waals surface area contributed by atoms with Gasteiger partial charge in [-0.1, -0.05) is 31.9 Å². The zero-order valence-electron chi connectivity index (χ0n) is 10.2. The van der Waals surface area contributed by atoms with E-state index >= 15 is 0 Å². The monoisotopic (exact) mass is 221 g/mol. The maximum Gasteiger partial charge on any atom is 0.186 e. The lowest BCUT2D eigenvalue weighted by Crippen LogP contribution is -2.34. The normalized spacial score (nSPS) is 24.3. The van der Waals surface area contributed by atoms with E-state index in [1.165, 1.54) is 6.42 Å². The quantitative estimate of drug-likeness (QED) is 0.719. The Morgan fingerprint density at radius 1 is 1.50 bits per heavy atom. The minimum atomic E-state index is 0.111. The molecular weight excluding hydrogens is 202 g/mol. The van der Waals surface area contributed by atoms with Gasteiger partial charge in [-0.05, 0) is 18.3 Å². The lowest BCUT2D eigenvalue weighted by Gasteiger charge is -2.37. The molecule has 0 bridgehead atoms. The minimum absolute atomic E-state index is 0.111. The van der Waals surface area contributed by atoms with Gasteiger partial charge in [-0.3, -0.25) is 4.79 Å². The molecule has 1 aliphatic rings. The number of aromatic nitrogens is 3. The Hall–Kier alpha value is -1.19. The van der Waals surface area contributed by atoms with Crippen LogP contribution in [0, 0.1) is 11.3 Å². The average Bonchev–Trinajstić information content (AvgIpc) is 2.63. The Morgan fingerprint density at radius 2 is 2.25 bits per heavy atom. The van der Waals surface area contributed by atoms with Crippen molar-refractivity contribution in [3.8, 4) is 0 Å². The van der Waals surface area contributed by atoms with Crippen molar-refractivity contribution in [1.29, 1.82) is 0 Å². The molecule has 0 N–H and O–H groups in total. The number of hydrogen-bond donors (Lipinski definition) is 0. The van der Waals surface area contributed by atoms with Crippen LogP contribution in [0.2, 0.25) is 0 Å². The van der Waals surface area contributed by atoms with Crippen LogP contribution < -0.4 is 0 Å². The molecule has 4 nitrogen and oxygen atoms in total. The molecule has 16 heavy (non-hydrogen) atoms. The summed E-state index contributed by atoms with van der Waals surface area (Å²) in [5.41, 5.74) is 0.750. The molecule has 1 aliphatic carbocycles. The van der Waals surface area contributed by atoms with Crippen LogP contribution in [0.15, 0.2) is 6.20 Å². The summed E-state index contributed by atoms with van der Waals surface area (Å²) in [6.45, 7) is 4.39. The predicted molar refractivity (Wildman–Crippen MR) is 61.1 cm³/mol. The van der Waals surface area contributed by atoms with Gasteiger partial charge in [0.15, 0.2) is 5.78 Å². The highest BCUT2D eigenvalue weighted by Crippen LogP contribution is 2.41. The van der Waals surface area contributed by atoms with Crippen LogP contribution in [0.5, 0.6) is 0 Å². The lowest BCUT2D eigenvalue weighted by molar-refractivity contribution is 0.0687. The van der Waals surface area contributed by atoms with Gasteiger partial charge in [0.25, 0.3) is 0 Å². The molecule has 4 heteroatoms. The zero-order chi connectivity index (χ0) is 11.8. The molecule has 1 atom stereocenters. The fourth-order valence-corrected chi connectivity index (χ4v) is 2.67. The third kappa shape index (κ3) is 1.88. The number of aryl methyl sites for hydroxylation is 1. The highest BCUT2D eigenvalue weighted by Gasteiger charge is 2.38. The molecule has 0 amide bonds. The summed E-state index contributed by atoms with van der Waals surface area (Å²) in [4.78, 5) is 12.4. The molecule has 1 aromatic rings. The Balaban J connectivity index is 2.24. The third-order valence-corrected chi connectivity index (χ3v) is 3.79. The Labute approximate surface area is 96.0 Å². The molecule has 88 valence electrons. The van der Waals surface area contributed by atoms with Crippen LogP contribution in [0.4, 0.5) is 0 Å². The number of carbonyl (C=O) groups excluding carboxylic acids is 1. The van der Waals surface area contributed by atoms with E-state index in [0.29, 0.717) is 5.69 Å². The van der Waals surface area contributed by atoms with Crippen molar-refractivity contribution >= 4 is 5.78 Å². The highest BCUT2D eigenvalue weighted by atomic mass is 16.1. The second kappa shape index (κ2) is 4.00. The molecule has 1 unspecified atom stereocenters. The van der Waals surface area contributed by atoms with Crippen LogP contribution in [0.3, 0.4) is 0 Å². The predicted octanol–water partition coefficient (Wildman–Crippen LogP) is 2.21. The van der Waals surface area contributed by atoms with Gasteiger partial charge < -0.3 is 0 Å². The number of Topliss-reactive ketones (excluding diaryl/α,β-unsaturated/α-hetero) is 1. The summed E-state index contributed by atoms with van der Waals surface area (Å²) in [7, 11) is 1.77. The van der Waals surface area contributed by atoms with Crippen LogP contribution in [-0.4, -0.2) is 20.8 Å². The van der Waals surface area contributed by atoms with Crippen molar-refractivity contribution in [1.82, 2.24) is 15.0 Å². The Kier molecular flexibility index (Phi) is 2.82. The first-order valence-electron chi connectivity index (χ1n) is 5.91. The molecule has 0 saturated heterocycles. The third-order valence-electron chi connectivity index (χ3n) is 3.79. The lowest BCUT2D eigenvalue weighted by atomic mass is 9.67. The second-order valence-corrected chi connectivity index (χ2v) is 5.39. The summed E-state index contributed by atoms with van der Waals surface area (Å²) < 4.78 is 1.58. The number of ketones is 1. The summed E-state index contributed by atoms with van der Waals surface area (Å²) in [5.74, 6) is 0.329. The first-order chi connectivity index (χ1) is 7.52. The number of nitrogens with zero attached hydrogens (tertiary/aromatic N) is 3. The first kappa shape index (κ1) is 11.3.